The van der Waals surface area contributed by atoms with E-state index in [0.29, 0.717) is 23.6 Å². The quantitative estimate of drug-likeness (QED) is 0.636. The molecule has 1 fully saturated rings. The molecule has 0 aliphatic carbocycles. The molecule has 2 aliphatic heterocycles. The van der Waals surface area contributed by atoms with Gasteiger partial charge in [-0.15, -0.1) is 11.3 Å². The number of aromatic nitrogens is 3. The molecule has 0 radical (unpaired) electrons. The molecule has 1 N–H and O–H groups in total. The number of hydrogen-bond acceptors (Lipinski definition) is 6. The van der Waals surface area contributed by atoms with E-state index < -0.39 is 0 Å². The number of amides is 1. The van der Waals surface area contributed by atoms with Gasteiger partial charge in [-0.1, -0.05) is 6.07 Å². The van der Waals surface area contributed by atoms with Crippen molar-refractivity contribution in [1.29, 1.82) is 0 Å². The summed E-state index contributed by atoms with van der Waals surface area (Å²) < 4.78 is 6.03. The molecule has 2 aromatic heterocycles. The first-order valence-electron chi connectivity index (χ1n) is 11.2. The second-order valence-corrected chi connectivity index (χ2v) is 10.1. The van der Waals surface area contributed by atoms with E-state index in [2.05, 4.69) is 35.0 Å². The summed E-state index contributed by atoms with van der Waals surface area (Å²) in [4.78, 5) is 23.5. The van der Waals surface area contributed by atoms with Crippen LogP contribution in [0.25, 0.3) is 22.4 Å². The molecule has 5 rings (SSSR count). The lowest BCUT2D eigenvalue weighted by Gasteiger charge is -2.23. The van der Waals surface area contributed by atoms with Gasteiger partial charge in [0.25, 0.3) is 5.91 Å². The molecule has 0 bridgehead atoms. The van der Waals surface area contributed by atoms with E-state index in [-0.39, 0.29) is 5.91 Å². The van der Waals surface area contributed by atoms with Crippen LogP contribution in [0.5, 0.6) is 5.75 Å². The van der Waals surface area contributed by atoms with E-state index in [1.54, 1.807) is 6.20 Å². The standard InChI is InChI=1S/C24H29N5O2S/c1-15(2)29-8-6-16(14-29)13-28(3)24(30)23-27-22-19-5-4-17(18-11-25-26-12-18)10-20(19)31-9-7-21(22)32-23/h4-5,10-12,15-16H,6-9,13-14H2,1-3H3,(H,25,26)/t16-/m1/s1. The average Bonchev–Trinajstić information content (AvgIpc) is 3.53. The van der Waals surface area contributed by atoms with E-state index in [4.69, 9.17) is 9.72 Å². The van der Waals surface area contributed by atoms with Gasteiger partial charge in [-0.05, 0) is 50.4 Å². The van der Waals surface area contributed by atoms with Crippen molar-refractivity contribution in [3.8, 4) is 28.1 Å². The maximum absolute atomic E-state index is 13.2. The molecule has 3 aromatic rings. The van der Waals surface area contributed by atoms with Crippen LogP contribution in [0, 0.1) is 5.92 Å². The minimum atomic E-state index is 0.0172. The fraction of sp³-hybridized carbons (Fsp3) is 0.458. The molecule has 8 heteroatoms. The Balaban J connectivity index is 1.35. The molecule has 1 amide bonds. The molecule has 7 nitrogen and oxygen atoms in total. The van der Waals surface area contributed by atoms with E-state index in [0.717, 1.165) is 65.5 Å². The summed E-state index contributed by atoms with van der Waals surface area (Å²) in [5, 5.41) is 7.45. The van der Waals surface area contributed by atoms with Crippen LogP contribution in [0.1, 0.15) is 34.9 Å². The zero-order valence-corrected chi connectivity index (χ0v) is 19.6. The topological polar surface area (TPSA) is 74.3 Å². The normalized spacial score (nSPS) is 18.2. The van der Waals surface area contributed by atoms with Crippen molar-refractivity contribution in [2.24, 2.45) is 5.92 Å². The lowest BCUT2D eigenvalue weighted by atomic mass is 10.0. The van der Waals surface area contributed by atoms with Gasteiger partial charge in [0.15, 0.2) is 5.01 Å². The Morgan fingerprint density at radius 2 is 2.25 bits per heavy atom. The molecule has 1 saturated heterocycles. The smallest absolute Gasteiger partial charge is 0.282 e. The second kappa shape index (κ2) is 8.67. The van der Waals surface area contributed by atoms with E-state index in [1.807, 2.05) is 30.3 Å². The summed E-state index contributed by atoms with van der Waals surface area (Å²) in [5.74, 6) is 1.35. The fourth-order valence-electron chi connectivity index (χ4n) is 4.62. The highest BCUT2D eigenvalue weighted by molar-refractivity contribution is 7.14. The van der Waals surface area contributed by atoms with Crippen LogP contribution in [0.15, 0.2) is 30.6 Å². The van der Waals surface area contributed by atoms with Gasteiger partial charge in [0.05, 0.1) is 18.5 Å². The molecular formula is C24H29N5O2S. The van der Waals surface area contributed by atoms with Crippen molar-refractivity contribution in [3.05, 3.63) is 40.5 Å². The Bertz CT molecular complexity index is 1110. The number of aromatic amines is 1. The number of nitrogens with one attached hydrogen (secondary N) is 1. The van der Waals surface area contributed by atoms with Crippen LogP contribution in [0.2, 0.25) is 0 Å². The third kappa shape index (κ3) is 4.04. The third-order valence-electron chi connectivity index (χ3n) is 6.46. The van der Waals surface area contributed by atoms with Crippen LogP contribution in [0.3, 0.4) is 0 Å². The van der Waals surface area contributed by atoms with Crippen LogP contribution < -0.4 is 4.74 Å². The van der Waals surface area contributed by atoms with Crippen molar-refractivity contribution in [3.63, 3.8) is 0 Å². The minimum absolute atomic E-state index is 0.0172. The number of thiazole rings is 1. The minimum Gasteiger partial charge on any atom is -0.492 e. The van der Waals surface area contributed by atoms with Crippen LogP contribution >= 0.6 is 11.3 Å². The molecule has 2 aliphatic rings. The SMILES string of the molecule is CC(C)N1CC[C@H](CN(C)C(=O)c2nc3c(s2)CCOc2cc(-c4cn[nH]c4)ccc2-3)C1. The molecule has 4 heterocycles. The van der Waals surface area contributed by atoms with E-state index >= 15 is 0 Å². The Kier molecular flexibility index (Phi) is 5.73. The van der Waals surface area contributed by atoms with Gasteiger partial charge in [0.2, 0.25) is 0 Å². The average molecular weight is 452 g/mol. The van der Waals surface area contributed by atoms with E-state index in [1.165, 1.54) is 11.3 Å². The summed E-state index contributed by atoms with van der Waals surface area (Å²) in [7, 11) is 1.90. The molecule has 0 spiro atoms. The molecule has 168 valence electrons. The van der Waals surface area contributed by atoms with Gasteiger partial charge >= 0.3 is 0 Å². The first-order chi connectivity index (χ1) is 15.5. The first-order valence-corrected chi connectivity index (χ1v) is 12.1. The van der Waals surface area contributed by atoms with Crippen molar-refractivity contribution in [2.75, 3.05) is 33.3 Å². The molecule has 0 unspecified atom stereocenters. The molecule has 0 saturated carbocycles. The van der Waals surface area contributed by atoms with Gasteiger partial charge in [0, 0.05) is 54.8 Å². The Morgan fingerprint density at radius 3 is 3.00 bits per heavy atom. The van der Waals surface area contributed by atoms with Gasteiger partial charge in [-0.25, -0.2) is 4.98 Å². The lowest BCUT2D eigenvalue weighted by Crippen LogP contribution is -2.34. The zero-order valence-electron chi connectivity index (χ0n) is 18.8. The van der Waals surface area contributed by atoms with Crippen molar-refractivity contribution in [1.82, 2.24) is 25.0 Å². The fourth-order valence-corrected chi connectivity index (χ4v) is 5.67. The number of carbonyl (C=O) groups is 1. The van der Waals surface area contributed by atoms with Gasteiger partial charge in [-0.3, -0.25) is 9.89 Å². The highest BCUT2D eigenvalue weighted by Crippen LogP contribution is 2.39. The van der Waals surface area contributed by atoms with E-state index in [9.17, 15) is 4.79 Å². The Labute approximate surface area is 192 Å². The molecule has 1 aromatic carbocycles. The van der Waals surface area contributed by atoms with Gasteiger partial charge in [-0.2, -0.15) is 5.10 Å². The number of carbonyl (C=O) groups excluding carboxylic acids is 1. The number of rotatable bonds is 5. The molecular weight excluding hydrogens is 422 g/mol. The van der Waals surface area contributed by atoms with Crippen molar-refractivity contribution >= 4 is 17.2 Å². The number of H-pyrrole nitrogens is 1. The number of fused-ring (bicyclic) bond motifs is 3. The maximum atomic E-state index is 13.2. The summed E-state index contributed by atoms with van der Waals surface area (Å²) in [5.41, 5.74) is 3.88. The van der Waals surface area contributed by atoms with Crippen LogP contribution in [-0.2, 0) is 6.42 Å². The summed E-state index contributed by atoms with van der Waals surface area (Å²) in [6.07, 6.45) is 5.56. The summed E-state index contributed by atoms with van der Waals surface area (Å²) in [6.45, 7) is 8.01. The maximum Gasteiger partial charge on any atom is 0.282 e. The molecule has 1 atom stereocenters. The van der Waals surface area contributed by atoms with Gasteiger partial charge in [0.1, 0.15) is 5.75 Å². The van der Waals surface area contributed by atoms with Gasteiger partial charge < -0.3 is 14.5 Å². The number of ether oxygens (including phenoxy) is 1. The van der Waals surface area contributed by atoms with Crippen LogP contribution in [-0.4, -0.2) is 70.2 Å². The number of likely N-dealkylation sites (tertiary alicyclic amines) is 1. The highest BCUT2D eigenvalue weighted by atomic mass is 32.1. The highest BCUT2D eigenvalue weighted by Gasteiger charge is 2.29. The largest absolute Gasteiger partial charge is 0.492 e. The Morgan fingerprint density at radius 1 is 1.38 bits per heavy atom. The van der Waals surface area contributed by atoms with Crippen LogP contribution in [0.4, 0.5) is 0 Å². The summed E-state index contributed by atoms with van der Waals surface area (Å²) >= 11 is 1.51. The molecule has 32 heavy (non-hydrogen) atoms. The zero-order chi connectivity index (χ0) is 22.2. The number of nitrogens with zero attached hydrogens (tertiary/aromatic N) is 4. The Hall–Kier alpha value is -2.71. The second-order valence-electron chi connectivity index (χ2n) is 9.02. The lowest BCUT2D eigenvalue weighted by molar-refractivity contribution is 0.0772. The first kappa shape index (κ1) is 21.2. The predicted molar refractivity (Wildman–Crippen MR) is 126 cm³/mol. The number of benzene rings is 1. The third-order valence-corrected chi connectivity index (χ3v) is 7.56. The monoisotopic (exact) mass is 451 g/mol. The predicted octanol–water partition coefficient (Wildman–Crippen LogP) is 3.94. The summed E-state index contributed by atoms with van der Waals surface area (Å²) in [6, 6.07) is 6.68. The van der Waals surface area contributed by atoms with Crippen molar-refractivity contribution < 1.29 is 9.53 Å². The van der Waals surface area contributed by atoms with Crippen molar-refractivity contribution in [2.45, 2.75) is 32.7 Å². The number of hydrogen-bond donors (Lipinski definition) is 1.